The number of carbonyl (C=O) groups excluding carboxylic acids is 1. The van der Waals surface area contributed by atoms with Crippen LogP contribution in [-0.4, -0.2) is 12.1 Å². The lowest BCUT2D eigenvalue weighted by Crippen LogP contribution is -2.20. The maximum absolute atomic E-state index is 13.8. The molecule has 5 heteroatoms. The van der Waals surface area contributed by atoms with E-state index in [4.69, 9.17) is 4.42 Å². The average Bonchev–Trinajstić information content (AvgIpc) is 3.35. The Balaban J connectivity index is 1.35. The monoisotopic (exact) mass is 348 g/mol. The summed E-state index contributed by atoms with van der Waals surface area (Å²) in [5, 5.41) is 3.95. The summed E-state index contributed by atoms with van der Waals surface area (Å²) in [5.74, 6) is 0.638. The van der Waals surface area contributed by atoms with E-state index in [1.54, 1.807) is 30.3 Å². The molecule has 0 saturated heterocycles. The molecule has 1 heterocycles. The maximum Gasteiger partial charge on any atom is 0.243 e. The third-order valence-electron chi connectivity index (χ3n) is 4.49. The van der Waals surface area contributed by atoms with E-state index < -0.39 is 0 Å². The van der Waals surface area contributed by atoms with Crippen molar-refractivity contribution in [2.24, 2.45) is 11.0 Å². The highest BCUT2D eigenvalue weighted by atomic mass is 19.1. The first-order valence-corrected chi connectivity index (χ1v) is 8.45. The Hall–Kier alpha value is -3.21. The summed E-state index contributed by atoms with van der Waals surface area (Å²) < 4.78 is 19.3. The number of amides is 1. The zero-order valence-corrected chi connectivity index (χ0v) is 13.9. The van der Waals surface area contributed by atoms with Crippen LogP contribution in [0, 0.1) is 11.7 Å². The van der Waals surface area contributed by atoms with Crippen LogP contribution in [0.3, 0.4) is 0 Å². The Morgan fingerprint density at radius 3 is 2.65 bits per heavy atom. The van der Waals surface area contributed by atoms with Gasteiger partial charge in [0.2, 0.25) is 5.91 Å². The van der Waals surface area contributed by atoms with Crippen LogP contribution in [0.2, 0.25) is 0 Å². The molecule has 2 atom stereocenters. The van der Waals surface area contributed by atoms with Gasteiger partial charge in [-0.1, -0.05) is 42.5 Å². The molecule has 3 aromatic rings. The van der Waals surface area contributed by atoms with Gasteiger partial charge < -0.3 is 4.42 Å². The molecule has 1 amide bonds. The number of benzene rings is 2. The first-order valence-electron chi connectivity index (χ1n) is 8.45. The molecule has 26 heavy (non-hydrogen) atoms. The van der Waals surface area contributed by atoms with Crippen LogP contribution in [0.4, 0.5) is 4.39 Å². The normalized spacial score (nSPS) is 18.8. The van der Waals surface area contributed by atoms with Crippen molar-refractivity contribution < 1.29 is 13.6 Å². The van der Waals surface area contributed by atoms with Gasteiger partial charge in [0.15, 0.2) is 0 Å². The van der Waals surface area contributed by atoms with Gasteiger partial charge >= 0.3 is 0 Å². The molecule has 1 saturated carbocycles. The fourth-order valence-electron chi connectivity index (χ4n) is 3.02. The summed E-state index contributed by atoms with van der Waals surface area (Å²) in [7, 11) is 0. The minimum Gasteiger partial charge on any atom is -0.455 e. The summed E-state index contributed by atoms with van der Waals surface area (Å²) in [6, 6.07) is 19.7. The molecule has 1 aliphatic carbocycles. The zero-order chi connectivity index (χ0) is 17.9. The molecule has 130 valence electrons. The number of furan rings is 1. The summed E-state index contributed by atoms with van der Waals surface area (Å²) in [6.45, 7) is 0. The second-order valence-corrected chi connectivity index (χ2v) is 6.28. The lowest BCUT2D eigenvalue weighted by atomic mass is 10.1. The second kappa shape index (κ2) is 6.96. The molecular formula is C21H17FN2O2. The average molecular weight is 348 g/mol. The first kappa shape index (κ1) is 16.3. The van der Waals surface area contributed by atoms with Crippen LogP contribution in [0.15, 0.2) is 76.2 Å². The Bertz CT molecular complexity index is 949. The third kappa shape index (κ3) is 3.42. The highest BCUT2D eigenvalue weighted by Gasteiger charge is 2.43. The van der Waals surface area contributed by atoms with E-state index >= 15 is 0 Å². The zero-order valence-electron chi connectivity index (χ0n) is 13.9. The van der Waals surface area contributed by atoms with Gasteiger partial charge in [0.05, 0.1) is 11.8 Å². The minimum absolute atomic E-state index is 0.0415. The summed E-state index contributed by atoms with van der Waals surface area (Å²) in [4.78, 5) is 12.1. The molecule has 1 N–H and O–H groups in total. The lowest BCUT2D eigenvalue weighted by Gasteiger charge is -1.99. The van der Waals surface area contributed by atoms with E-state index in [2.05, 4.69) is 10.5 Å². The number of halogens is 1. The van der Waals surface area contributed by atoms with Crippen LogP contribution in [-0.2, 0) is 4.79 Å². The molecule has 0 aliphatic heterocycles. The summed E-state index contributed by atoms with van der Waals surface area (Å²) >= 11 is 0. The van der Waals surface area contributed by atoms with Crippen LogP contribution in [0.5, 0.6) is 0 Å². The van der Waals surface area contributed by atoms with Crippen LogP contribution < -0.4 is 5.43 Å². The van der Waals surface area contributed by atoms with Gasteiger partial charge in [-0.25, -0.2) is 9.82 Å². The molecule has 1 aromatic heterocycles. The SMILES string of the molecule is O=C(N/N=C/c1ccc(-c2ccccc2F)o1)[C@H]1C[C@@H]1c1ccccc1. The molecule has 1 aliphatic rings. The van der Waals surface area contributed by atoms with Crippen LogP contribution >= 0.6 is 0 Å². The van der Waals surface area contributed by atoms with Crippen molar-refractivity contribution in [3.63, 3.8) is 0 Å². The summed E-state index contributed by atoms with van der Waals surface area (Å²) in [6.07, 6.45) is 2.26. The highest BCUT2D eigenvalue weighted by Crippen LogP contribution is 2.47. The summed E-state index contributed by atoms with van der Waals surface area (Å²) in [5.41, 5.74) is 4.12. The number of hydrazone groups is 1. The Morgan fingerprint density at radius 1 is 1.08 bits per heavy atom. The van der Waals surface area contributed by atoms with E-state index in [1.165, 1.54) is 17.8 Å². The minimum atomic E-state index is -0.348. The van der Waals surface area contributed by atoms with Gasteiger partial charge in [0.1, 0.15) is 17.3 Å². The van der Waals surface area contributed by atoms with Crippen molar-refractivity contribution in [3.8, 4) is 11.3 Å². The quantitative estimate of drug-likeness (QED) is 0.551. The largest absolute Gasteiger partial charge is 0.455 e. The third-order valence-corrected chi connectivity index (χ3v) is 4.49. The van der Waals surface area contributed by atoms with E-state index in [0.717, 1.165) is 6.42 Å². The van der Waals surface area contributed by atoms with Gasteiger partial charge in [-0.15, -0.1) is 0 Å². The van der Waals surface area contributed by atoms with Crippen molar-refractivity contribution in [2.75, 3.05) is 0 Å². The van der Waals surface area contributed by atoms with E-state index in [9.17, 15) is 9.18 Å². The number of rotatable bonds is 5. The molecule has 4 rings (SSSR count). The predicted octanol–water partition coefficient (Wildman–Crippen LogP) is 4.34. The lowest BCUT2D eigenvalue weighted by molar-refractivity contribution is -0.122. The van der Waals surface area contributed by atoms with Gasteiger partial charge in [-0.3, -0.25) is 4.79 Å². The standard InChI is InChI=1S/C21H17FN2O2/c22-19-9-5-4-8-16(19)20-11-10-15(26-20)13-23-24-21(25)18-12-17(18)14-6-2-1-3-7-14/h1-11,13,17-18H,12H2,(H,24,25)/b23-13+/t17-,18+/m1/s1. The number of hydrogen-bond donors (Lipinski definition) is 1. The number of nitrogens with zero attached hydrogens (tertiary/aromatic N) is 1. The number of hydrogen-bond acceptors (Lipinski definition) is 3. The Kier molecular flexibility index (Phi) is 4.35. The molecular weight excluding hydrogens is 331 g/mol. The molecule has 1 fully saturated rings. The van der Waals surface area contributed by atoms with Crippen molar-refractivity contribution in [1.82, 2.24) is 5.43 Å². The second-order valence-electron chi connectivity index (χ2n) is 6.28. The van der Waals surface area contributed by atoms with Crippen molar-refractivity contribution in [3.05, 3.63) is 83.9 Å². The van der Waals surface area contributed by atoms with Crippen molar-refractivity contribution in [1.29, 1.82) is 0 Å². The Labute approximate surface area is 150 Å². The molecule has 0 bridgehead atoms. The van der Waals surface area contributed by atoms with Crippen LogP contribution in [0.1, 0.15) is 23.7 Å². The van der Waals surface area contributed by atoms with Crippen molar-refractivity contribution in [2.45, 2.75) is 12.3 Å². The Morgan fingerprint density at radius 2 is 1.85 bits per heavy atom. The molecule has 0 radical (unpaired) electrons. The predicted molar refractivity (Wildman–Crippen MR) is 97.1 cm³/mol. The van der Waals surface area contributed by atoms with Crippen LogP contribution in [0.25, 0.3) is 11.3 Å². The van der Waals surface area contributed by atoms with Gasteiger partial charge in [-0.05, 0) is 42.2 Å². The molecule has 2 aromatic carbocycles. The number of nitrogens with one attached hydrogen (secondary N) is 1. The fraction of sp³-hybridized carbons (Fsp3) is 0.143. The van der Waals surface area contributed by atoms with Crippen molar-refractivity contribution >= 4 is 12.1 Å². The van der Waals surface area contributed by atoms with Gasteiger partial charge in [0.25, 0.3) is 0 Å². The highest BCUT2D eigenvalue weighted by molar-refractivity contribution is 5.85. The number of carbonyl (C=O) groups is 1. The van der Waals surface area contributed by atoms with Gasteiger partial charge in [-0.2, -0.15) is 5.10 Å². The molecule has 4 nitrogen and oxygen atoms in total. The smallest absolute Gasteiger partial charge is 0.243 e. The first-order chi connectivity index (χ1) is 12.7. The van der Waals surface area contributed by atoms with Gasteiger partial charge in [0, 0.05) is 5.92 Å². The topological polar surface area (TPSA) is 54.6 Å². The van der Waals surface area contributed by atoms with E-state index in [0.29, 0.717) is 17.1 Å². The fourth-order valence-corrected chi connectivity index (χ4v) is 3.02. The molecule has 0 unspecified atom stereocenters. The molecule has 0 spiro atoms. The maximum atomic E-state index is 13.8. The van der Waals surface area contributed by atoms with E-state index in [-0.39, 0.29) is 23.6 Å². The van der Waals surface area contributed by atoms with E-state index in [1.807, 2.05) is 30.3 Å².